The average Bonchev–Trinajstić information content (AvgIpc) is 3.62. The number of carbonyl (C=O) groups excluding carboxylic acids is 4. The van der Waals surface area contributed by atoms with E-state index in [1.165, 1.54) is 24.0 Å². The highest BCUT2D eigenvalue weighted by molar-refractivity contribution is 6.35. The molecule has 4 heterocycles. The first-order valence-corrected chi connectivity index (χ1v) is 19.8. The lowest BCUT2D eigenvalue weighted by atomic mass is 9.83. The minimum absolute atomic E-state index is 0.0558. The highest BCUT2D eigenvalue weighted by Crippen LogP contribution is 2.49. The molecule has 2 aromatic carbocycles. The van der Waals surface area contributed by atoms with Gasteiger partial charge in [-0.15, -0.1) is 0 Å². The number of fused-ring (bicyclic) bond motifs is 5. The van der Waals surface area contributed by atoms with Crippen molar-refractivity contribution in [1.82, 2.24) is 10.2 Å². The molecular formula is C43H53ClN4O10. The lowest BCUT2D eigenvalue weighted by molar-refractivity contribution is -0.158. The van der Waals surface area contributed by atoms with Crippen LogP contribution in [0.25, 0.3) is 5.57 Å². The van der Waals surface area contributed by atoms with Crippen molar-refractivity contribution >= 4 is 52.5 Å². The van der Waals surface area contributed by atoms with E-state index in [4.69, 9.17) is 35.3 Å². The first-order valence-electron chi connectivity index (χ1n) is 19.4. The molecular weight excluding hydrogens is 768 g/mol. The standard InChI is InChI=1S/C43H53ClN4O10/c1-24(2)28-14-16-29(17-15-28)45-40(51)48-18-10-12-30(48)39(50)57-35-22-36(49)47(6)31-20-27(21-32(54-7)37(31)44)19-25(3)11-9-13-34(55-8)43(53)23-33(56-41(52)46-43)26(4)38-42(35,5)58-38/h9,11,13-17,20-21,26,30,33-35,38,53H,1,10,12,18-19,22-23H2,2-8H3,(H,45,51)(H,46,52)/b13-9+,25-11+/t26-,30?,33+,34-,35+,38+,42+,43+/m1/s1. The summed E-state index contributed by atoms with van der Waals surface area (Å²) in [5.41, 5.74) is 1.44. The molecule has 0 spiro atoms. The Hall–Kier alpha value is -4.89. The van der Waals surface area contributed by atoms with Crippen molar-refractivity contribution < 1.29 is 48.0 Å². The topological polar surface area (TPSA) is 169 Å². The highest BCUT2D eigenvalue weighted by Gasteiger charge is 2.64. The van der Waals surface area contributed by atoms with E-state index in [0.717, 1.165) is 22.3 Å². The van der Waals surface area contributed by atoms with E-state index >= 15 is 0 Å². The van der Waals surface area contributed by atoms with Crippen LogP contribution in [0.5, 0.6) is 5.75 Å². The lowest BCUT2D eigenvalue weighted by Gasteiger charge is -2.42. The van der Waals surface area contributed by atoms with Gasteiger partial charge in [0.05, 0.1) is 25.3 Å². The Morgan fingerprint density at radius 2 is 1.88 bits per heavy atom. The van der Waals surface area contributed by atoms with E-state index in [0.29, 0.717) is 42.9 Å². The van der Waals surface area contributed by atoms with E-state index < -0.39 is 71.7 Å². The minimum atomic E-state index is -1.84. The van der Waals surface area contributed by atoms with Gasteiger partial charge >= 0.3 is 18.1 Å². The van der Waals surface area contributed by atoms with Gasteiger partial charge in [0.2, 0.25) is 5.91 Å². The second-order valence-corrected chi connectivity index (χ2v) is 16.2. The minimum Gasteiger partial charge on any atom is -0.495 e. The van der Waals surface area contributed by atoms with Gasteiger partial charge in [0.1, 0.15) is 40.7 Å². The van der Waals surface area contributed by atoms with Crippen molar-refractivity contribution in [2.75, 3.05) is 38.0 Å². The molecule has 14 nitrogen and oxygen atoms in total. The van der Waals surface area contributed by atoms with Crippen molar-refractivity contribution in [2.45, 2.75) is 102 Å². The molecule has 15 heteroatoms. The van der Waals surface area contributed by atoms with Crippen molar-refractivity contribution in [3.63, 3.8) is 0 Å². The predicted molar refractivity (Wildman–Crippen MR) is 219 cm³/mol. The highest BCUT2D eigenvalue weighted by atomic mass is 35.5. The Labute approximate surface area is 344 Å². The zero-order valence-corrected chi connectivity index (χ0v) is 34.8. The number of nitrogens with zero attached hydrogens (tertiary/aromatic N) is 2. The largest absolute Gasteiger partial charge is 0.495 e. The number of amides is 4. The first kappa shape index (κ1) is 42.7. The van der Waals surface area contributed by atoms with Crippen LogP contribution in [0.2, 0.25) is 5.02 Å². The number of carbonyl (C=O) groups is 4. The molecule has 4 bridgehead atoms. The third-order valence-corrected chi connectivity index (χ3v) is 12.0. The van der Waals surface area contributed by atoms with Gasteiger partial charge in [-0.25, -0.2) is 14.4 Å². The first-order chi connectivity index (χ1) is 27.5. The van der Waals surface area contributed by atoms with Gasteiger partial charge < -0.3 is 43.9 Å². The number of allylic oxidation sites excluding steroid dienone is 4. The molecule has 6 rings (SSSR count). The predicted octanol–water partition coefficient (Wildman–Crippen LogP) is 6.40. The van der Waals surface area contributed by atoms with Crippen LogP contribution >= 0.6 is 11.6 Å². The fraction of sp³-hybridized carbons (Fsp3) is 0.488. The van der Waals surface area contributed by atoms with E-state index in [9.17, 15) is 24.3 Å². The van der Waals surface area contributed by atoms with Crippen LogP contribution in [0.1, 0.15) is 64.5 Å². The maximum Gasteiger partial charge on any atom is 0.409 e. The van der Waals surface area contributed by atoms with E-state index in [1.807, 2.05) is 39.0 Å². The number of benzene rings is 2. The Bertz CT molecular complexity index is 2000. The molecule has 0 radical (unpaired) electrons. The monoisotopic (exact) mass is 820 g/mol. The third-order valence-electron chi connectivity index (χ3n) is 11.6. The number of rotatable bonds is 6. The Morgan fingerprint density at radius 3 is 2.55 bits per heavy atom. The van der Waals surface area contributed by atoms with Gasteiger partial charge in [-0.2, -0.15) is 0 Å². The molecule has 0 aliphatic carbocycles. The second kappa shape index (κ2) is 17.1. The van der Waals surface area contributed by atoms with Crippen LogP contribution in [0, 0.1) is 5.92 Å². The Kier molecular flexibility index (Phi) is 12.6. The van der Waals surface area contributed by atoms with E-state index in [-0.39, 0.29) is 17.9 Å². The summed E-state index contributed by atoms with van der Waals surface area (Å²) in [5.74, 6) is -1.29. The van der Waals surface area contributed by atoms with Gasteiger partial charge in [0, 0.05) is 38.7 Å². The Balaban J connectivity index is 1.32. The number of hydrogen-bond donors (Lipinski definition) is 3. The maximum atomic E-state index is 14.3. The number of ether oxygens (including phenoxy) is 5. The number of anilines is 2. The molecule has 4 amide bonds. The van der Waals surface area contributed by atoms with Crippen LogP contribution < -0.4 is 20.3 Å². The van der Waals surface area contributed by atoms with Crippen LogP contribution in [0.3, 0.4) is 0 Å². The summed E-state index contributed by atoms with van der Waals surface area (Å²) in [5, 5.41) is 17.4. The summed E-state index contributed by atoms with van der Waals surface area (Å²) in [7, 11) is 4.51. The summed E-state index contributed by atoms with van der Waals surface area (Å²) in [6.45, 7) is 11.6. The normalized spacial score (nSPS) is 31.5. The second-order valence-electron chi connectivity index (χ2n) is 15.9. The molecule has 2 aromatic rings. The molecule has 312 valence electrons. The maximum absolute atomic E-state index is 14.3. The van der Waals surface area contributed by atoms with Crippen molar-refractivity contribution in [1.29, 1.82) is 0 Å². The van der Waals surface area contributed by atoms with Gasteiger partial charge in [-0.3, -0.25) is 10.1 Å². The zero-order valence-electron chi connectivity index (χ0n) is 34.0. The molecule has 1 unspecified atom stereocenters. The Morgan fingerprint density at radius 1 is 1.16 bits per heavy atom. The van der Waals surface area contributed by atoms with Crippen LogP contribution in [-0.4, -0.2) is 104 Å². The molecule has 8 atom stereocenters. The fourth-order valence-electron chi connectivity index (χ4n) is 8.11. The number of esters is 1. The van der Waals surface area contributed by atoms with Gasteiger partial charge in [0.25, 0.3) is 0 Å². The smallest absolute Gasteiger partial charge is 0.409 e. The lowest BCUT2D eigenvalue weighted by Crippen LogP contribution is -2.63. The van der Waals surface area contributed by atoms with Crippen LogP contribution in [0.4, 0.5) is 21.0 Å². The molecule has 4 aliphatic rings. The van der Waals surface area contributed by atoms with E-state index in [2.05, 4.69) is 17.2 Å². The molecule has 58 heavy (non-hydrogen) atoms. The number of aliphatic hydroxyl groups is 1. The molecule has 3 saturated heterocycles. The summed E-state index contributed by atoms with van der Waals surface area (Å²) < 4.78 is 29.5. The van der Waals surface area contributed by atoms with Gasteiger partial charge in [0.15, 0.2) is 5.72 Å². The van der Waals surface area contributed by atoms with Gasteiger partial charge in [-0.1, -0.05) is 66.6 Å². The molecule has 0 saturated carbocycles. The van der Waals surface area contributed by atoms with Crippen molar-refractivity contribution in [2.24, 2.45) is 5.92 Å². The van der Waals surface area contributed by atoms with Crippen LogP contribution in [0.15, 0.2) is 66.8 Å². The molecule has 4 aliphatic heterocycles. The number of alkyl carbamates (subject to hydrolysis) is 1. The quantitative estimate of drug-likeness (QED) is 0.219. The van der Waals surface area contributed by atoms with Crippen molar-refractivity contribution in [3.05, 3.63) is 82.9 Å². The summed E-state index contributed by atoms with van der Waals surface area (Å²) in [6, 6.07) is 9.45. The SMILES string of the molecule is C=C(C)c1ccc(NC(=O)N2CCCC2C(=O)O[C@H]2CC(=O)N(C)c3cc(cc(OC)c3Cl)C/C(C)=C/C=C/[C@@H](OC)[C@@]3(O)C[C@H](OC(=O)N3)[C@@H](C)[C@@H]3O[C@@]23C)cc1. The number of halogens is 1. The summed E-state index contributed by atoms with van der Waals surface area (Å²) in [6.07, 6.45) is 1.81. The number of epoxide rings is 1. The van der Waals surface area contributed by atoms with Crippen LogP contribution in [-0.2, 0) is 35.0 Å². The number of urea groups is 1. The third kappa shape index (κ3) is 8.90. The summed E-state index contributed by atoms with van der Waals surface area (Å²) >= 11 is 6.81. The van der Waals surface area contributed by atoms with E-state index in [1.54, 1.807) is 50.4 Å². The molecule has 3 fully saturated rings. The van der Waals surface area contributed by atoms with Crippen molar-refractivity contribution in [3.8, 4) is 5.75 Å². The zero-order chi connectivity index (χ0) is 42.1. The molecule has 3 N–H and O–H groups in total. The summed E-state index contributed by atoms with van der Waals surface area (Å²) in [4.78, 5) is 57.8. The van der Waals surface area contributed by atoms with Gasteiger partial charge in [-0.05, 0) is 75.4 Å². The number of nitrogens with one attached hydrogen (secondary N) is 2. The average molecular weight is 821 g/mol. The number of methoxy groups -OCH3 is 2. The fourth-order valence-corrected chi connectivity index (χ4v) is 8.43. The molecule has 0 aromatic heterocycles. The number of hydrogen-bond acceptors (Lipinski definition) is 10. The number of likely N-dealkylation sites (tertiary alicyclic amines) is 1.